The second-order valence-electron chi connectivity index (χ2n) is 4.54. The summed E-state index contributed by atoms with van der Waals surface area (Å²) in [7, 11) is 0. The highest BCUT2D eigenvalue weighted by atomic mass is 32.2. The zero-order valence-corrected chi connectivity index (χ0v) is 13.1. The van der Waals surface area contributed by atoms with Crippen molar-refractivity contribution in [2.24, 2.45) is 0 Å². The van der Waals surface area contributed by atoms with Crippen molar-refractivity contribution in [2.75, 3.05) is 0 Å². The number of nitro benzene ring substituents is 1. The fourth-order valence-corrected chi connectivity index (χ4v) is 3.85. The molecule has 0 aliphatic rings. The maximum Gasteiger partial charge on any atom is 0.273 e. The molecular weight excluding hydrogens is 316 g/mol. The van der Waals surface area contributed by atoms with Gasteiger partial charge in [-0.15, -0.1) is 11.3 Å². The Morgan fingerprint density at radius 3 is 2.59 bits per heavy atom. The normalized spacial score (nSPS) is 10.5. The van der Waals surface area contributed by atoms with E-state index in [1.807, 2.05) is 41.8 Å². The van der Waals surface area contributed by atoms with Gasteiger partial charge >= 0.3 is 0 Å². The van der Waals surface area contributed by atoms with Crippen LogP contribution in [0.5, 0.6) is 0 Å². The van der Waals surface area contributed by atoms with E-state index in [9.17, 15) is 10.1 Å². The van der Waals surface area contributed by atoms with Gasteiger partial charge in [-0.05, 0) is 0 Å². The third-order valence-electron chi connectivity index (χ3n) is 3.09. The molecule has 0 amide bonds. The van der Waals surface area contributed by atoms with E-state index in [1.54, 1.807) is 23.5 Å². The van der Waals surface area contributed by atoms with Crippen LogP contribution in [0.25, 0.3) is 11.3 Å². The number of benzene rings is 2. The predicted octanol–water partition coefficient (Wildman–Crippen LogP) is 5.01. The van der Waals surface area contributed by atoms with Gasteiger partial charge in [-0.2, -0.15) is 0 Å². The van der Waals surface area contributed by atoms with Gasteiger partial charge < -0.3 is 0 Å². The van der Waals surface area contributed by atoms with Gasteiger partial charge in [0.25, 0.3) is 5.69 Å². The lowest BCUT2D eigenvalue weighted by molar-refractivity contribution is -0.385. The van der Waals surface area contributed by atoms with Crippen LogP contribution in [-0.2, 0) is 5.75 Å². The molecule has 0 saturated carbocycles. The molecule has 0 atom stereocenters. The highest BCUT2D eigenvalue weighted by molar-refractivity contribution is 8.00. The van der Waals surface area contributed by atoms with Crippen molar-refractivity contribution in [1.29, 1.82) is 0 Å². The van der Waals surface area contributed by atoms with E-state index in [1.165, 1.54) is 17.8 Å². The van der Waals surface area contributed by atoms with Crippen LogP contribution in [0.2, 0.25) is 0 Å². The third kappa shape index (κ3) is 3.35. The third-order valence-corrected chi connectivity index (χ3v) is 5.16. The van der Waals surface area contributed by atoms with Gasteiger partial charge in [-0.3, -0.25) is 10.1 Å². The Kier molecular flexibility index (Phi) is 4.50. The highest BCUT2D eigenvalue weighted by Crippen LogP contribution is 2.32. The summed E-state index contributed by atoms with van der Waals surface area (Å²) >= 11 is 3.08. The molecule has 110 valence electrons. The zero-order chi connectivity index (χ0) is 15.4. The fourth-order valence-electron chi connectivity index (χ4n) is 2.02. The van der Waals surface area contributed by atoms with E-state index in [2.05, 4.69) is 4.98 Å². The highest BCUT2D eigenvalue weighted by Gasteiger charge is 2.13. The zero-order valence-electron chi connectivity index (χ0n) is 11.5. The summed E-state index contributed by atoms with van der Waals surface area (Å²) in [6.07, 6.45) is 0. The minimum absolute atomic E-state index is 0.162. The number of thiazole rings is 1. The van der Waals surface area contributed by atoms with Gasteiger partial charge in [0.1, 0.15) is 0 Å². The summed E-state index contributed by atoms with van der Waals surface area (Å²) < 4.78 is 0.914. The van der Waals surface area contributed by atoms with Crippen LogP contribution in [-0.4, -0.2) is 9.91 Å². The average Bonchev–Trinajstić information content (AvgIpc) is 3.03. The Morgan fingerprint density at radius 1 is 1.09 bits per heavy atom. The van der Waals surface area contributed by atoms with Crippen LogP contribution >= 0.6 is 23.1 Å². The fraction of sp³-hybridized carbons (Fsp3) is 0.0625. The van der Waals surface area contributed by atoms with E-state index >= 15 is 0 Å². The first-order valence-electron chi connectivity index (χ1n) is 6.60. The topological polar surface area (TPSA) is 56.0 Å². The van der Waals surface area contributed by atoms with E-state index in [4.69, 9.17) is 0 Å². The lowest BCUT2D eigenvalue weighted by Gasteiger charge is -2.00. The van der Waals surface area contributed by atoms with Crippen molar-refractivity contribution in [1.82, 2.24) is 4.98 Å². The predicted molar refractivity (Wildman–Crippen MR) is 90.2 cm³/mol. The number of hydrogen-bond acceptors (Lipinski definition) is 5. The first kappa shape index (κ1) is 14.7. The van der Waals surface area contributed by atoms with E-state index in [0.717, 1.165) is 15.6 Å². The maximum absolute atomic E-state index is 11.0. The van der Waals surface area contributed by atoms with Crippen molar-refractivity contribution in [2.45, 2.75) is 10.1 Å². The van der Waals surface area contributed by atoms with E-state index < -0.39 is 0 Å². The van der Waals surface area contributed by atoms with Crippen LogP contribution in [0.1, 0.15) is 5.56 Å². The van der Waals surface area contributed by atoms with Gasteiger partial charge in [0.2, 0.25) is 0 Å². The quantitative estimate of drug-likeness (QED) is 0.375. The number of hydrogen-bond donors (Lipinski definition) is 0. The van der Waals surface area contributed by atoms with Gasteiger partial charge in [0, 0.05) is 28.3 Å². The number of nitro groups is 1. The summed E-state index contributed by atoms with van der Waals surface area (Å²) in [6, 6.07) is 16.8. The monoisotopic (exact) mass is 328 g/mol. The molecule has 0 unspecified atom stereocenters. The molecule has 22 heavy (non-hydrogen) atoms. The molecule has 4 nitrogen and oxygen atoms in total. The SMILES string of the molecule is O=[N+]([O-])c1ccccc1CSc1nc(-c2ccccc2)cs1. The largest absolute Gasteiger partial charge is 0.273 e. The molecule has 3 aromatic rings. The Morgan fingerprint density at radius 2 is 1.82 bits per heavy atom. The molecule has 6 heteroatoms. The van der Waals surface area contributed by atoms with Crippen LogP contribution in [0.15, 0.2) is 64.3 Å². The summed E-state index contributed by atoms with van der Waals surface area (Å²) in [5.41, 5.74) is 2.90. The molecule has 0 aliphatic carbocycles. The van der Waals surface area contributed by atoms with Crippen LogP contribution in [0, 0.1) is 10.1 Å². The minimum atomic E-state index is -0.340. The van der Waals surface area contributed by atoms with Crippen molar-refractivity contribution < 1.29 is 4.92 Å². The summed E-state index contributed by atoms with van der Waals surface area (Å²) in [6.45, 7) is 0. The van der Waals surface area contributed by atoms with Gasteiger partial charge in [-0.25, -0.2) is 4.98 Å². The van der Waals surface area contributed by atoms with E-state index in [0.29, 0.717) is 11.3 Å². The molecule has 3 rings (SSSR count). The Labute approximate surface area is 136 Å². The number of rotatable bonds is 5. The number of aromatic nitrogens is 1. The van der Waals surface area contributed by atoms with Crippen LogP contribution < -0.4 is 0 Å². The number of para-hydroxylation sites is 1. The van der Waals surface area contributed by atoms with Crippen molar-refractivity contribution in [3.05, 3.63) is 75.7 Å². The number of nitrogens with zero attached hydrogens (tertiary/aromatic N) is 2. The van der Waals surface area contributed by atoms with Crippen LogP contribution in [0.4, 0.5) is 5.69 Å². The molecule has 0 N–H and O–H groups in total. The Hall–Kier alpha value is -2.18. The lowest BCUT2D eigenvalue weighted by atomic mass is 10.2. The second kappa shape index (κ2) is 6.72. The Balaban J connectivity index is 1.73. The first-order valence-corrected chi connectivity index (χ1v) is 8.46. The van der Waals surface area contributed by atoms with Gasteiger partial charge in [0.15, 0.2) is 4.34 Å². The molecule has 2 aromatic carbocycles. The summed E-state index contributed by atoms with van der Waals surface area (Å²) in [5, 5.41) is 13.0. The molecule has 0 radical (unpaired) electrons. The van der Waals surface area contributed by atoms with Crippen molar-refractivity contribution in [3.63, 3.8) is 0 Å². The lowest BCUT2D eigenvalue weighted by Crippen LogP contribution is -1.93. The molecule has 0 spiro atoms. The maximum atomic E-state index is 11.0. The smallest absolute Gasteiger partial charge is 0.258 e. The van der Waals surface area contributed by atoms with Crippen LogP contribution in [0.3, 0.4) is 0 Å². The number of thioether (sulfide) groups is 1. The van der Waals surface area contributed by atoms with E-state index in [-0.39, 0.29) is 10.6 Å². The summed E-state index contributed by atoms with van der Waals surface area (Å²) in [5.74, 6) is 0.541. The first-order chi connectivity index (χ1) is 10.7. The standard InChI is InChI=1S/C16H12N2O2S2/c19-18(20)15-9-5-4-8-13(15)10-21-16-17-14(11-22-16)12-6-2-1-3-7-12/h1-9,11H,10H2. The molecule has 0 fully saturated rings. The second-order valence-corrected chi connectivity index (χ2v) is 6.62. The average molecular weight is 328 g/mol. The molecular formula is C16H12N2O2S2. The minimum Gasteiger partial charge on any atom is -0.258 e. The van der Waals surface area contributed by atoms with Gasteiger partial charge in [0.05, 0.1) is 10.6 Å². The van der Waals surface area contributed by atoms with Crippen molar-refractivity contribution in [3.8, 4) is 11.3 Å². The Bertz CT molecular complexity index is 788. The molecule has 1 aromatic heterocycles. The van der Waals surface area contributed by atoms with Gasteiger partial charge in [-0.1, -0.05) is 60.3 Å². The summed E-state index contributed by atoms with van der Waals surface area (Å²) in [4.78, 5) is 15.2. The van der Waals surface area contributed by atoms with Crippen molar-refractivity contribution >= 4 is 28.8 Å². The molecule has 1 heterocycles. The molecule has 0 saturated heterocycles. The molecule has 0 aliphatic heterocycles. The molecule has 0 bridgehead atoms.